The summed E-state index contributed by atoms with van der Waals surface area (Å²) in [5.74, 6) is 0. The first-order chi connectivity index (χ1) is 6.02. The molecule has 0 aromatic carbocycles. The fourth-order valence-electron chi connectivity index (χ4n) is 1.23. The highest BCUT2D eigenvalue weighted by Gasteiger charge is 2.16. The summed E-state index contributed by atoms with van der Waals surface area (Å²) in [6.07, 6.45) is 2.03. The lowest BCUT2D eigenvalue weighted by Gasteiger charge is -2.29. The summed E-state index contributed by atoms with van der Waals surface area (Å²) in [5.41, 5.74) is 1.07. The Kier molecular flexibility index (Phi) is 3.42. The van der Waals surface area contributed by atoms with E-state index in [2.05, 4.69) is 42.6 Å². The molecule has 0 saturated heterocycles. The maximum absolute atomic E-state index is 4.42. The van der Waals surface area contributed by atoms with Gasteiger partial charge in [-0.05, 0) is 41.2 Å². The first kappa shape index (κ1) is 10.6. The standard InChI is InChI=1S/C8H17N4P/c1-8-6-7-12(9-8)13(10(2)3)11(4)5/h6-7H,1-5H3. The van der Waals surface area contributed by atoms with Crippen molar-refractivity contribution >= 4 is 8.37 Å². The Morgan fingerprint density at radius 2 is 1.77 bits per heavy atom. The number of aromatic nitrogens is 2. The third-order valence-corrected chi connectivity index (χ3v) is 3.63. The highest BCUT2D eigenvalue weighted by atomic mass is 31.2. The van der Waals surface area contributed by atoms with E-state index in [1.54, 1.807) is 0 Å². The molecule has 0 aliphatic carbocycles. The minimum absolute atomic E-state index is 0.481. The van der Waals surface area contributed by atoms with Crippen LogP contribution in [-0.4, -0.2) is 47.1 Å². The minimum Gasteiger partial charge on any atom is -0.257 e. The highest BCUT2D eigenvalue weighted by Crippen LogP contribution is 2.40. The van der Waals surface area contributed by atoms with Crippen molar-refractivity contribution in [3.8, 4) is 0 Å². The Hall–Kier alpha value is -0.440. The van der Waals surface area contributed by atoms with Gasteiger partial charge in [-0.2, -0.15) is 5.10 Å². The molecule has 0 amide bonds. The van der Waals surface area contributed by atoms with E-state index < -0.39 is 8.37 Å². The zero-order valence-electron chi connectivity index (χ0n) is 8.89. The van der Waals surface area contributed by atoms with Crippen molar-refractivity contribution in [2.45, 2.75) is 6.92 Å². The molecule has 0 radical (unpaired) electrons. The fraction of sp³-hybridized carbons (Fsp3) is 0.625. The van der Waals surface area contributed by atoms with Crippen LogP contribution in [0.3, 0.4) is 0 Å². The van der Waals surface area contributed by atoms with Gasteiger partial charge in [0.05, 0.1) is 5.69 Å². The van der Waals surface area contributed by atoms with Crippen molar-refractivity contribution in [2.24, 2.45) is 0 Å². The number of nitrogens with zero attached hydrogens (tertiary/aromatic N) is 4. The number of rotatable bonds is 3. The molecule has 1 aromatic rings. The topological polar surface area (TPSA) is 24.3 Å². The van der Waals surface area contributed by atoms with Gasteiger partial charge >= 0.3 is 0 Å². The largest absolute Gasteiger partial charge is 0.257 e. The summed E-state index contributed by atoms with van der Waals surface area (Å²) in [7, 11) is 7.81. The molecule has 0 fully saturated rings. The Labute approximate surface area is 81.1 Å². The van der Waals surface area contributed by atoms with Gasteiger partial charge in [-0.25, -0.2) is 4.45 Å². The van der Waals surface area contributed by atoms with Crippen molar-refractivity contribution in [1.82, 2.24) is 18.9 Å². The second-order valence-corrected chi connectivity index (χ2v) is 5.89. The van der Waals surface area contributed by atoms with Gasteiger partial charge in [-0.15, -0.1) is 0 Å². The smallest absolute Gasteiger partial charge is 0.169 e. The van der Waals surface area contributed by atoms with Crippen LogP contribution in [0.25, 0.3) is 0 Å². The van der Waals surface area contributed by atoms with Gasteiger partial charge in [0, 0.05) is 6.20 Å². The Morgan fingerprint density at radius 3 is 2.08 bits per heavy atom. The molecule has 0 bridgehead atoms. The monoisotopic (exact) mass is 200 g/mol. The van der Waals surface area contributed by atoms with E-state index in [-0.39, 0.29) is 0 Å². The molecule has 1 aromatic heterocycles. The predicted octanol–water partition coefficient (Wildman–Crippen LogP) is 1.39. The third-order valence-electron chi connectivity index (χ3n) is 1.61. The van der Waals surface area contributed by atoms with Gasteiger partial charge in [-0.1, -0.05) is 0 Å². The summed E-state index contributed by atoms with van der Waals surface area (Å²) >= 11 is 0. The summed E-state index contributed by atoms with van der Waals surface area (Å²) in [5, 5.41) is 4.42. The van der Waals surface area contributed by atoms with Gasteiger partial charge < -0.3 is 0 Å². The average Bonchev–Trinajstić information content (AvgIpc) is 2.34. The minimum atomic E-state index is -0.481. The van der Waals surface area contributed by atoms with Crippen LogP contribution in [-0.2, 0) is 0 Å². The lowest BCUT2D eigenvalue weighted by Crippen LogP contribution is -2.21. The summed E-state index contributed by atoms with van der Waals surface area (Å²) < 4.78 is 6.38. The molecule has 0 saturated carbocycles. The number of hydrogen-bond donors (Lipinski definition) is 0. The van der Waals surface area contributed by atoms with Gasteiger partial charge in [0.15, 0.2) is 8.37 Å². The van der Waals surface area contributed by atoms with E-state index in [1.165, 1.54) is 0 Å². The van der Waals surface area contributed by atoms with Crippen molar-refractivity contribution in [2.75, 3.05) is 28.2 Å². The van der Waals surface area contributed by atoms with Crippen LogP contribution in [0, 0.1) is 6.92 Å². The molecule has 1 rings (SSSR count). The third kappa shape index (κ3) is 2.50. The maximum Gasteiger partial charge on any atom is 0.169 e. The number of hydrogen-bond acceptors (Lipinski definition) is 3. The van der Waals surface area contributed by atoms with Crippen molar-refractivity contribution in [3.63, 3.8) is 0 Å². The highest BCUT2D eigenvalue weighted by molar-refractivity contribution is 7.50. The lowest BCUT2D eigenvalue weighted by atomic mass is 10.5. The summed E-state index contributed by atoms with van der Waals surface area (Å²) in [4.78, 5) is 0. The van der Waals surface area contributed by atoms with E-state index in [0.717, 1.165) is 5.69 Å². The summed E-state index contributed by atoms with van der Waals surface area (Å²) in [6, 6.07) is 2.03. The van der Waals surface area contributed by atoms with Crippen LogP contribution in [0.4, 0.5) is 0 Å². The molecule has 13 heavy (non-hydrogen) atoms. The Morgan fingerprint density at radius 1 is 1.23 bits per heavy atom. The van der Waals surface area contributed by atoms with Crippen molar-refractivity contribution in [1.29, 1.82) is 0 Å². The molecule has 4 nitrogen and oxygen atoms in total. The van der Waals surface area contributed by atoms with E-state index >= 15 is 0 Å². The van der Waals surface area contributed by atoms with Crippen LogP contribution in [0.1, 0.15) is 5.69 Å². The Balaban J connectivity index is 2.88. The molecule has 0 aliphatic heterocycles. The maximum atomic E-state index is 4.42. The van der Waals surface area contributed by atoms with Crippen LogP contribution >= 0.6 is 8.37 Å². The molecule has 1 heterocycles. The van der Waals surface area contributed by atoms with Gasteiger partial charge in [0.1, 0.15) is 0 Å². The second kappa shape index (κ2) is 4.18. The molecule has 0 unspecified atom stereocenters. The van der Waals surface area contributed by atoms with Crippen LogP contribution in [0.2, 0.25) is 0 Å². The van der Waals surface area contributed by atoms with Crippen LogP contribution in [0.15, 0.2) is 12.3 Å². The molecule has 0 spiro atoms. The molecule has 0 atom stereocenters. The molecular formula is C8H17N4P. The fourth-order valence-corrected chi connectivity index (χ4v) is 3.08. The second-order valence-electron chi connectivity index (χ2n) is 3.34. The first-order valence-corrected chi connectivity index (χ1v) is 5.39. The quantitative estimate of drug-likeness (QED) is 0.689. The van der Waals surface area contributed by atoms with Gasteiger partial charge in [0.2, 0.25) is 0 Å². The molecule has 74 valence electrons. The molecule has 0 N–H and O–H groups in total. The first-order valence-electron chi connectivity index (χ1n) is 4.19. The van der Waals surface area contributed by atoms with E-state index in [9.17, 15) is 0 Å². The predicted molar refractivity (Wildman–Crippen MR) is 56.7 cm³/mol. The molecule has 0 aliphatic rings. The summed E-state index contributed by atoms with van der Waals surface area (Å²) in [6.45, 7) is 2.01. The Bertz CT molecular complexity index is 261. The normalized spacial score (nSPS) is 12.0. The van der Waals surface area contributed by atoms with E-state index in [4.69, 9.17) is 0 Å². The molecular weight excluding hydrogens is 183 g/mol. The van der Waals surface area contributed by atoms with Crippen LogP contribution < -0.4 is 0 Å². The van der Waals surface area contributed by atoms with Crippen LogP contribution in [0.5, 0.6) is 0 Å². The van der Waals surface area contributed by atoms with Gasteiger partial charge in [-0.3, -0.25) is 9.34 Å². The van der Waals surface area contributed by atoms with Crippen molar-refractivity contribution < 1.29 is 0 Å². The van der Waals surface area contributed by atoms with Crippen molar-refractivity contribution in [3.05, 3.63) is 18.0 Å². The number of aryl methyl sites for hydroxylation is 1. The van der Waals surface area contributed by atoms with Gasteiger partial charge in [0.25, 0.3) is 0 Å². The average molecular weight is 200 g/mol. The van der Waals surface area contributed by atoms with E-state index in [1.807, 2.05) is 23.6 Å². The molecule has 5 heteroatoms. The SMILES string of the molecule is Cc1ccn(P(N(C)C)N(C)C)n1. The zero-order valence-corrected chi connectivity index (χ0v) is 9.79. The van der Waals surface area contributed by atoms with E-state index in [0.29, 0.717) is 0 Å². The lowest BCUT2D eigenvalue weighted by molar-refractivity contribution is 0.553. The zero-order chi connectivity index (χ0) is 10.0.